The van der Waals surface area contributed by atoms with Crippen LogP contribution < -0.4 is 15.4 Å². The molecule has 0 unspecified atom stereocenters. The smallest absolute Gasteiger partial charge is 0.342 e. The fourth-order valence-corrected chi connectivity index (χ4v) is 1.71. The second-order valence-electron chi connectivity index (χ2n) is 4.24. The van der Waals surface area contributed by atoms with Gasteiger partial charge in [0.1, 0.15) is 11.3 Å². The van der Waals surface area contributed by atoms with Crippen molar-refractivity contribution in [1.82, 2.24) is 10.6 Å². The lowest BCUT2D eigenvalue weighted by Crippen LogP contribution is -2.44. The van der Waals surface area contributed by atoms with Crippen molar-refractivity contribution < 1.29 is 23.9 Å². The first-order valence-electron chi connectivity index (χ1n) is 6.52. The number of methoxy groups -OCH3 is 1. The van der Waals surface area contributed by atoms with Crippen molar-refractivity contribution in [2.24, 2.45) is 0 Å². The molecule has 8 heteroatoms. The third-order valence-electron chi connectivity index (χ3n) is 2.61. The van der Waals surface area contributed by atoms with Gasteiger partial charge >= 0.3 is 12.0 Å². The zero-order chi connectivity index (χ0) is 16.7. The van der Waals surface area contributed by atoms with E-state index in [2.05, 4.69) is 10.6 Å². The maximum atomic E-state index is 12.1. The Morgan fingerprint density at radius 2 is 2.00 bits per heavy atom. The molecule has 120 valence electrons. The molecule has 2 N–H and O–H groups in total. The fraction of sp³-hybridized carbons (Fsp3) is 0.357. The van der Waals surface area contributed by atoms with Crippen LogP contribution in [0.25, 0.3) is 0 Å². The standard InChI is InChI=1S/C14H17ClN2O5/c1-4-16-14(20)17-12(18)8(2)22-13(19)10-7-9(15)5-6-11(10)21-3/h5-8H,4H2,1-3H3,(H2,16,17,18,20)/t8-/m1/s1. The van der Waals surface area contributed by atoms with Crippen LogP contribution >= 0.6 is 11.6 Å². The lowest BCUT2D eigenvalue weighted by molar-refractivity contribution is -0.127. The molecule has 0 aliphatic heterocycles. The highest BCUT2D eigenvalue weighted by atomic mass is 35.5. The van der Waals surface area contributed by atoms with E-state index < -0.39 is 24.0 Å². The van der Waals surface area contributed by atoms with E-state index in [0.29, 0.717) is 11.6 Å². The van der Waals surface area contributed by atoms with E-state index in [4.69, 9.17) is 21.1 Å². The van der Waals surface area contributed by atoms with Crippen LogP contribution in [0.1, 0.15) is 24.2 Å². The molecule has 0 heterocycles. The minimum Gasteiger partial charge on any atom is -0.496 e. The Balaban J connectivity index is 2.73. The number of esters is 1. The largest absolute Gasteiger partial charge is 0.496 e. The first-order valence-corrected chi connectivity index (χ1v) is 6.90. The molecule has 0 fully saturated rings. The Labute approximate surface area is 132 Å². The predicted molar refractivity (Wildman–Crippen MR) is 80.1 cm³/mol. The van der Waals surface area contributed by atoms with Gasteiger partial charge in [0, 0.05) is 11.6 Å². The molecule has 1 aromatic rings. The van der Waals surface area contributed by atoms with E-state index in [1.54, 1.807) is 13.0 Å². The number of hydrogen-bond acceptors (Lipinski definition) is 5. The number of hydrogen-bond donors (Lipinski definition) is 2. The number of halogens is 1. The second kappa shape index (κ2) is 8.23. The van der Waals surface area contributed by atoms with Crippen molar-refractivity contribution >= 4 is 29.5 Å². The van der Waals surface area contributed by atoms with Gasteiger partial charge in [-0.1, -0.05) is 11.6 Å². The van der Waals surface area contributed by atoms with Crippen molar-refractivity contribution in [3.63, 3.8) is 0 Å². The summed E-state index contributed by atoms with van der Waals surface area (Å²) in [6, 6.07) is 3.79. The van der Waals surface area contributed by atoms with Gasteiger partial charge < -0.3 is 14.8 Å². The summed E-state index contributed by atoms with van der Waals surface area (Å²) < 4.78 is 10.0. The highest BCUT2D eigenvalue weighted by molar-refractivity contribution is 6.31. The lowest BCUT2D eigenvalue weighted by atomic mass is 10.2. The fourth-order valence-electron chi connectivity index (χ4n) is 1.54. The van der Waals surface area contributed by atoms with Crippen LogP contribution in [0.15, 0.2) is 18.2 Å². The van der Waals surface area contributed by atoms with Gasteiger partial charge in [-0.25, -0.2) is 9.59 Å². The average Bonchev–Trinajstić information content (AvgIpc) is 2.47. The molecule has 1 aromatic carbocycles. The van der Waals surface area contributed by atoms with Crippen LogP contribution in [0.2, 0.25) is 5.02 Å². The number of benzene rings is 1. The molecule has 0 aromatic heterocycles. The van der Waals surface area contributed by atoms with E-state index in [0.717, 1.165) is 0 Å². The molecular weight excluding hydrogens is 312 g/mol. The molecule has 0 bridgehead atoms. The maximum absolute atomic E-state index is 12.1. The third kappa shape index (κ3) is 4.92. The molecular formula is C14H17ClN2O5. The molecule has 0 saturated heterocycles. The van der Waals surface area contributed by atoms with Gasteiger partial charge in [0.05, 0.1) is 7.11 Å². The first kappa shape index (κ1) is 17.8. The first-order chi connectivity index (χ1) is 10.4. The Morgan fingerprint density at radius 1 is 1.32 bits per heavy atom. The summed E-state index contributed by atoms with van der Waals surface area (Å²) >= 11 is 5.83. The molecule has 22 heavy (non-hydrogen) atoms. The van der Waals surface area contributed by atoms with Gasteiger partial charge in [-0.3, -0.25) is 10.1 Å². The van der Waals surface area contributed by atoms with Gasteiger partial charge in [0.15, 0.2) is 6.10 Å². The topological polar surface area (TPSA) is 93.7 Å². The number of rotatable bonds is 5. The number of urea groups is 1. The highest BCUT2D eigenvalue weighted by Crippen LogP contribution is 2.23. The van der Waals surface area contributed by atoms with Gasteiger partial charge in [0.25, 0.3) is 5.91 Å². The van der Waals surface area contributed by atoms with Crippen LogP contribution in [0.3, 0.4) is 0 Å². The molecule has 7 nitrogen and oxygen atoms in total. The molecule has 1 rings (SSSR count). The van der Waals surface area contributed by atoms with Gasteiger partial charge in [-0.2, -0.15) is 0 Å². The highest BCUT2D eigenvalue weighted by Gasteiger charge is 2.22. The van der Waals surface area contributed by atoms with Crippen molar-refractivity contribution in [1.29, 1.82) is 0 Å². The Morgan fingerprint density at radius 3 is 2.59 bits per heavy atom. The molecule has 3 amide bonds. The lowest BCUT2D eigenvalue weighted by Gasteiger charge is -2.14. The van der Waals surface area contributed by atoms with Crippen LogP contribution in [0.4, 0.5) is 4.79 Å². The number of imide groups is 1. The van der Waals surface area contributed by atoms with Gasteiger partial charge in [0.2, 0.25) is 0 Å². The van der Waals surface area contributed by atoms with Crippen LogP contribution in [0, 0.1) is 0 Å². The zero-order valence-corrected chi connectivity index (χ0v) is 13.2. The van der Waals surface area contributed by atoms with Crippen LogP contribution in [0.5, 0.6) is 5.75 Å². The van der Waals surface area contributed by atoms with E-state index in [1.165, 1.54) is 26.2 Å². The number of amides is 3. The molecule has 0 aliphatic rings. The number of nitrogens with one attached hydrogen (secondary N) is 2. The summed E-state index contributed by atoms with van der Waals surface area (Å²) in [5.74, 6) is -1.25. The summed E-state index contributed by atoms with van der Waals surface area (Å²) in [5, 5.41) is 4.77. The Kier molecular flexibility index (Phi) is 6.65. The summed E-state index contributed by atoms with van der Waals surface area (Å²) in [6.45, 7) is 3.43. The zero-order valence-electron chi connectivity index (χ0n) is 12.4. The van der Waals surface area contributed by atoms with Crippen molar-refractivity contribution in [3.05, 3.63) is 28.8 Å². The minimum absolute atomic E-state index is 0.0904. The van der Waals surface area contributed by atoms with Crippen LogP contribution in [-0.4, -0.2) is 37.7 Å². The van der Waals surface area contributed by atoms with Crippen molar-refractivity contribution in [2.45, 2.75) is 20.0 Å². The van der Waals surface area contributed by atoms with E-state index in [9.17, 15) is 14.4 Å². The van der Waals surface area contributed by atoms with Gasteiger partial charge in [-0.05, 0) is 32.0 Å². The molecule has 0 spiro atoms. The number of carbonyl (C=O) groups is 3. The van der Waals surface area contributed by atoms with E-state index in [-0.39, 0.29) is 11.3 Å². The monoisotopic (exact) mass is 328 g/mol. The molecule has 1 atom stereocenters. The van der Waals surface area contributed by atoms with Crippen molar-refractivity contribution in [3.8, 4) is 5.75 Å². The van der Waals surface area contributed by atoms with E-state index >= 15 is 0 Å². The summed E-state index contributed by atoms with van der Waals surface area (Å²) in [4.78, 5) is 35.0. The normalized spacial score (nSPS) is 11.3. The summed E-state index contributed by atoms with van der Waals surface area (Å²) in [6.07, 6.45) is -1.15. The SMILES string of the molecule is CCNC(=O)NC(=O)[C@@H](C)OC(=O)c1cc(Cl)ccc1OC. The predicted octanol–water partition coefficient (Wildman–Crippen LogP) is 1.74. The molecule has 0 saturated carbocycles. The molecule has 0 radical (unpaired) electrons. The third-order valence-corrected chi connectivity index (χ3v) is 2.84. The van der Waals surface area contributed by atoms with E-state index in [1.807, 2.05) is 0 Å². The number of carbonyl (C=O) groups excluding carboxylic acids is 3. The Hall–Kier alpha value is -2.28. The minimum atomic E-state index is -1.15. The van der Waals surface area contributed by atoms with Crippen molar-refractivity contribution in [2.75, 3.05) is 13.7 Å². The summed E-state index contributed by atoms with van der Waals surface area (Å²) in [5.41, 5.74) is 0.0904. The Bertz CT molecular complexity index is 576. The number of ether oxygens (including phenoxy) is 2. The second-order valence-corrected chi connectivity index (χ2v) is 4.68. The van der Waals surface area contributed by atoms with Gasteiger partial charge in [-0.15, -0.1) is 0 Å². The molecule has 0 aliphatic carbocycles. The van der Waals surface area contributed by atoms with Crippen LogP contribution in [-0.2, 0) is 9.53 Å². The average molecular weight is 329 g/mol. The maximum Gasteiger partial charge on any atom is 0.342 e. The summed E-state index contributed by atoms with van der Waals surface area (Å²) in [7, 11) is 1.39. The quantitative estimate of drug-likeness (QED) is 0.803.